The molecular weight excluding hydrogens is 440 g/mol. The summed E-state index contributed by atoms with van der Waals surface area (Å²) in [7, 11) is -4.19. The van der Waals surface area contributed by atoms with Crippen molar-refractivity contribution in [3.63, 3.8) is 0 Å². The lowest BCUT2D eigenvalue weighted by atomic mass is 10.2. The van der Waals surface area contributed by atoms with Gasteiger partial charge in [0.2, 0.25) is 0 Å². The Morgan fingerprint density at radius 2 is 1.45 bits per heavy atom. The fourth-order valence-electron chi connectivity index (χ4n) is 3.83. The van der Waals surface area contributed by atoms with Gasteiger partial charge in [-0.2, -0.15) is 0 Å². The number of anilines is 1. The molecule has 170 valence electrons. The van der Waals surface area contributed by atoms with Crippen molar-refractivity contribution < 1.29 is 22.7 Å². The molecule has 0 saturated carbocycles. The number of nitrogens with zero attached hydrogens (tertiary/aromatic N) is 2. The Labute approximate surface area is 193 Å². The van der Waals surface area contributed by atoms with E-state index in [0.717, 1.165) is 9.87 Å². The van der Waals surface area contributed by atoms with Crippen LogP contribution in [-0.2, 0) is 26.2 Å². The van der Waals surface area contributed by atoms with E-state index in [-0.39, 0.29) is 17.2 Å². The minimum atomic E-state index is -4.19. The van der Waals surface area contributed by atoms with Crippen molar-refractivity contribution in [1.29, 1.82) is 0 Å². The van der Waals surface area contributed by atoms with Gasteiger partial charge < -0.3 is 4.74 Å². The first-order valence-electron chi connectivity index (χ1n) is 10.6. The molecule has 0 N–H and O–H groups in total. The molecule has 1 heterocycles. The van der Waals surface area contributed by atoms with E-state index >= 15 is 0 Å². The maximum Gasteiger partial charge on any atom is 0.410 e. The lowest BCUT2D eigenvalue weighted by molar-refractivity contribution is -0.121. The molecule has 0 spiro atoms. The average molecular weight is 465 g/mol. The number of carbonyl (C=O) groups excluding carboxylic acids is 2. The fraction of sp³-hybridized carbons (Fsp3) is 0.200. The standard InChI is InChI=1S/C25H24N2O5S/c28-24(23-17-10-18-26(23)25(29)32-19-20-11-4-1-5-12-20)27(21-13-6-2-7-14-21)33(30,31)22-15-8-3-9-16-22/h1-9,11-16,23H,10,17-19H2. The van der Waals surface area contributed by atoms with Crippen LogP contribution in [0.15, 0.2) is 95.9 Å². The first-order valence-corrected chi connectivity index (χ1v) is 12.1. The summed E-state index contributed by atoms with van der Waals surface area (Å²) in [6.45, 7) is 0.389. The largest absolute Gasteiger partial charge is 0.445 e. The highest BCUT2D eigenvalue weighted by atomic mass is 32.2. The van der Waals surface area contributed by atoms with Gasteiger partial charge in [0.25, 0.3) is 15.9 Å². The zero-order chi connectivity index (χ0) is 23.3. The summed E-state index contributed by atoms with van der Waals surface area (Å²) in [4.78, 5) is 27.8. The van der Waals surface area contributed by atoms with E-state index in [1.165, 1.54) is 17.0 Å². The molecule has 3 aromatic carbocycles. The van der Waals surface area contributed by atoms with E-state index < -0.39 is 28.1 Å². The maximum absolute atomic E-state index is 13.7. The van der Waals surface area contributed by atoms with E-state index in [1.807, 2.05) is 30.3 Å². The Bertz CT molecular complexity index is 1200. The van der Waals surface area contributed by atoms with Gasteiger partial charge in [0, 0.05) is 6.54 Å². The van der Waals surface area contributed by atoms with Crippen LogP contribution in [0.5, 0.6) is 0 Å². The summed E-state index contributed by atoms with van der Waals surface area (Å²) in [5, 5.41) is 0. The summed E-state index contributed by atoms with van der Waals surface area (Å²) in [5.74, 6) is -0.681. The monoisotopic (exact) mass is 464 g/mol. The van der Waals surface area contributed by atoms with Gasteiger partial charge in [-0.05, 0) is 42.7 Å². The van der Waals surface area contributed by atoms with Gasteiger partial charge in [0.15, 0.2) is 0 Å². The molecule has 4 rings (SSSR count). The zero-order valence-corrected chi connectivity index (χ0v) is 18.7. The minimum absolute atomic E-state index is 0.00148. The molecule has 1 saturated heterocycles. The molecule has 0 bridgehead atoms. The summed E-state index contributed by atoms with van der Waals surface area (Å²) < 4.78 is 33.2. The number of benzene rings is 3. The molecule has 0 aliphatic carbocycles. The van der Waals surface area contributed by atoms with Crippen molar-refractivity contribution in [2.45, 2.75) is 30.4 Å². The van der Waals surface area contributed by atoms with Crippen molar-refractivity contribution in [2.24, 2.45) is 0 Å². The first-order chi connectivity index (χ1) is 16.0. The van der Waals surface area contributed by atoms with E-state index in [4.69, 9.17) is 4.74 Å². The Morgan fingerprint density at radius 3 is 2.09 bits per heavy atom. The quantitative estimate of drug-likeness (QED) is 0.546. The van der Waals surface area contributed by atoms with Crippen molar-refractivity contribution in [3.8, 4) is 0 Å². The molecule has 8 heteroatoms. The van der Waals surface area contributed by atoms with Gasteiger partial charge in [-0.25, -0.2) is 17.5 Å². The maximum atomic E-state index is 13.7. The highest BCUT2D eigenvalue weighted by molar-refractivity contribution is 7.93. The third-order valence-electron chi connectivity index (χ3n) is 5.45. The normalized spacial score (nSPS) is 15.8. The van der Waals surface area contributed by atoms with Crippen LogP contribution in [0.4, 0.5) is 10.5 Å². The van der Waals surface area contributed by atoms with Gasteiger partial charge in [0.1, 0.15) is 12.6 Å². The minimum Gasteiger partial charge on any atom is -0.445 e. The number of sulfonamides is 1. The molecule has 1 aliphatic heterocycles. The molecule has 3 aromatic rings. The van der Waals surface area contributed by atoms with Crippen LogP contribution >= 0.6 is 0 Å². The van der Waals surface area contributed by atoms with Crippen LogP contribution < -0.4 is 4.31 Å². The predicted molar refractivity (Wildman–Crippen MR) is 124 cm³/mol. The van der Waals surface area contributed by atoms with Crippen LogP contribution in [0.25, 0.3) is 0 Å². The van der Waals surface area contributed by atoms with Gasteiger partial charge in [0.05, 0.1) is 10.6 Å². The third-order valence-corrected chi connectivity index (χ3v) is 7.19. The number of amides is 2. The van der Waals surface area contributed by atoms with E-state index in [9.17, 15) is 18.0 Å². The molecule has 0 aromatic heterocycles. The highest BCUT2D eigenvalue weighted by Gasteiger charge is 2.42. The van der Waals surface area contributed by atoms with Crippen LogP contribution in [-0.4, -0.2) is 37.9 Å². The summed E-state index contributed by atoms with van der Waals surface area (Å²) in [6, 6.07) is 24.3. The van der Waals surface area contributed by atoms with E-state index in [2.05, 4.69) is 0 Å². The zero-order valence-electron chi connectivity index (χ0n) is 17.9. The summed E-state index contributed by atoms with van der Waals surface area (Å²) in [6.07, 6.45) is 0.289. The van der Waals surface area contributed by atoms with Gasteiger partial charge >= 0.3 is 6.09 Å². The average Bonchev–Trinajstić information content (AvgIpc) is 3.35. The van der Waals surface area contributed by atoms with E-state index in [1.54, 1.807) is 48.5 Å². The van der Waals surface area contributed by atoms with Crippen LogP contribution in [0, 0.1) is 0 Å². The van der Waals surface area contributed by atoms with Gasteiger partial charge in [-0.3, -0.25) is 9.69 Å². The molecule has 2 amide bonds. The topological polar surface area (TPSA) is 84.0 Å². The summed E-state index contributed by atoms with van der Waals surface area (Å²) in [5.41, 5.74) is 1.04. The number of ether oxygens (including phenoxy) is 1. The second-order valence-electron chi connectivity index (χ2n) is 7.65. The number of rotatable bonds is 6. The van der Waals surface area contributed by atoms with Crippen LogP contribution in [0.3, 0.4) is 0 Å². The molecular formula is C25H24N2O5S. The highest BCUT2D eigenvalue weighted by Crippen LogP contribution is 2.29. The molecule has 0 radical (unpaired) electrons. The predicted octanol–water partition coefficient (Wildman–Crippen LogP) is 4.21. The van der Waals surface area contributed by atoms with Gasteiger partial charge in [-0.15, -0.1) is 0 Å². The van der Waals surface area contributed by atoms with E-state index in [0.29, 0.717) is 19.4 Å². The molecule has 1 fully saturated rings. The smallest absolute Gasteiger partial charge is 0.410 e. The lowest BCUT2D eigenvalue weighted by Gasteiger charge is -2.29. The Balaban J connectivity index is 1.61. The lowest BCUT2D eigenvalue weighted by Crippen LogP contribution is -2.50. The third kappa shape index (κ3) is 4.90. The molecule has 7 nitrogen and oxygen atoms in total. The summed E-state index contributed by atoms with van der Waals surface area (Å²) >= 11 is 0. The van der Waals surface area contributed by atoms with Gasteiger partial charge in [-0.1, -0.05) is 66.7 Å². The number of likely N-dealkylation sites (tertiary alicyclic amines) is 1. The molecule has 1 unspecified atom stereocenters. The van der Waals surface area contributed by atoms with Crippen LogP contribution in [0.1, 0.15) is 18.4 Å². The number of hydrogen-bond donors (Lipinski definition) is 0. The van der Waals surface area contributed by atoms with Crippen molar-refractivity contribution in [3.05, 3.63) is 96.6 Å². The Kier molecular flexibility index (Phi) is 6.74. The van der Waals surface area contributed by atoms with Crippen molar-refractivity contribution in [2.75, 3.05) is 10.8 Å². The Morgan fingerprint density at radius 1 is 0.879 bits per heavy atom. The second kappa shape index (κ2) is 9.87. The number of hydrogen-bond acceptors (Lipinski definition) is 5. The first kappa shape index (κ1) is 22.5. The number of carbonyl (C=O) groups is 2. The molecule has 1 aliphatic rings. The van der Waals surface area contributed by atoms with Crippen LogP contribution in [0.2, 0.25) is 0 Å². The van der Waals surface area contributed by atoms with Crippen molar-refractivity contribution >= 4 is 27.7 Å². The number of para-hydroxylation sites is 1. The SMILES string of the molecule is O=C(OCc1ccccc1)N1CCCC1C(=O)N(c1ccccc1)S(=O)(=O)c1ccccc1. The second-order valence-corrected chi connectivity index (χ2v) is 9.43. The Hall–Kier alpha value is -3.65. The van der Waals surface area contributed by atoms with Crippen molar-refractivity contribution in [1.82, 2.24) is 4.90 Å². The fourth-order valence-corrected chi connectivity index (χ4v) is 5.29. The molecule has 33 heavy (non-hydrogen) atoms. The molecule has 1 atom stereocenters.